The number of anilines is 3. The second kappa shape index (κ2) is 7.63. The standard InChI is InChI=1S/C19H21F3N6O2/c1-18(7-9-29-10-8-18)27-16-23-11-14-15(26-16)28(2)17(25-14)24-12-3-5-13(6-4-12)30-19(20,21)22/h3-6,11H,7-10H2,1-2H3,(H,24,25)(H,23,26,27). The molecule has 0 saturated carbocycles. The number of imidazole rings is 1. The Morgan fingerprint density at radius 3 is 2.50 bits per heavy atom. The van der Waals surface area contributed by atoms with Crippen molar-refractivity contribution < 1.29 is 22.6 Å². The van der Waals surface area contributed by atoms with Crippen LogP contribution in [0.5, 0.6) is 5.75 Å². The molecule has 160 valence electrons. The van der Waals surface area contributed by atoms with Crippen molar-refractivity contribution in [3.8, 4) is 5.75 Å². The molecule has 3 heterocycles. The van der Waals surface area contributed by atoms with Gasteiger partial charge in [-0.1, -0.05) is 0 Å². The number of benzene rings is 1. The smallest absolute Gasteiger partial charge is 0.406 e. The van der Waals surface area contributed by atoms with Gasteiger partial charge >= 0.3 is 6.36 Å². The molecule has 8 nitrogen and oxygen atoms in total. The normalized spacial score (nSPS) is 16.4. The Morgan fingerprint density at radius 2 is 1.83 bits per heavy atom. The van der Waals surface area contributed by atoms with Crippen LogP contribution in [-0.4, -0.2) is 44.6 Å². The van der Waals surface area contributed by atoms with Crippen LogP contribution in [0.3, 0.4) is 0 Å². The molecule has 1 aromatic carbocycles. The number of rotatable bonds is 5. The largest absolute Gasteiger partial charge is 0.573 e. The highest BCUT2D eigenvalue weighted by Crippen LogP contribution is 2.27. The first kappa shape index (κ1) is 20.2. The highest BCUT2D eigenvalue weighted by atomic mass is 19.4. The van der Waals surface area contributed by atoms with Gasteiger partial charge in [0.2, 0.25) is 11.9 Å². The highest BCUT2D eigenvalue weighted by Gasteiger charge is 2.31. The lowest BCUT2D eigenvalue weighted by molar-refractivity contribution is -0.274. The Kier molecular flexibility index (Phi) is 5.14. The first-order valence-corrected chi connectivity index (χ1v) is 9.39. The van der Waals surface area contributed by atoms with Crippen molar-refractivity contribution in [1.29, 1.82) is 0 Å². The zero-order chi connectivity index (χ0) is 21.4. The third-order valence-electron chi connectivity index (χ3n) is 4.97. The van der Waals surface area contributed by atoms with Gasteiger partial charge in [-0.15, -0.1) is 13.2 Å². The van der Waals surface area contributed by atoms with Crippen molar-refractivity contribution in [2.75, 3.05) is 23.8 Å². The number of hydrogen-bond donors (Lipinski definition) is 2. The number of aromatic nitrogens is 4. The van der Waals surface area contributed by atoms with Gasteiger partial charge in [0.25, 0.3) is 0 Å². The topological polar surface area (TPSA) is 86.1 Å². The Bertz CT molecular complexity index is 1030. The molecule has 0 spiro atoms. The molecular weight excluding hydrogens is 401 g/mol. The van der Waals surface area contributed by atoms with Crippen molar-refractivity contribution in [3.05, 3.63) is 30.5 Å². The van der Waals surface area contributed by atoms with E-state index in [1.165, 1.54) is 24.3 Å². The average Bonchev–Trinajstić information content (AvgIpc) is 2.98. The van der Waals surface area contributed by atoms with Crippen molar-refractivity contribution >= 4 is 28.7 Å². The van der Waals surface area contributed by atoms with Gasteiger partial charge in [-0.25, -0.2) is 9.97 Å². The number of halogens is 3. The predicted molar refractivity (Wildman–Crippen MR) is 105 cm³/mol. The minimum Gasteiger partial charge on any atom is -0.406 e. The van der Waals surface area contributed by atoms with E-state index in [-0.39, 0.29) is 11.3 Å². The van der Waals surface area contributed by atoms with E-state index in [9.17, 15) is 13.2 Å². The summed E-state index contributed by atoms with van der Waals surface area (Å²) < 4.78 is 47.9. The van der Waals surface area contributed by atoms with Crippen LogP contribution in [0.15, 0.2) is 30.5 Å². The number of nitrogens with zero attached hydrogens (tertiary/aromatic N) is 4. The van der Waals surface area contributed by atoms with E-state index in [1.54, 1.807) is 17.8 Å². The molecule has 1 saturated heterocycles. The summed E-state index contributed by atoms with van der Waals surface area (Å²) in [5.74, 6) is 0.703. The van der Waals surface area contributed by atoms with Crippen molar-refractivity contribution in [1.82, 2.24) is 19.5 Å². The van der Waals surface area contributed by atoms with E-state index in [4.69, 9.17) is 4.74 Å². The van der Waals surface area contributed by atoms with Crippen LogP contribution in [0, 0.1) is 0 Å². The number of aryl methyl sites for hydroxylation is 1. The Hall–Kier alpha value is -3.08. The van der Waals surface area contributed by atoms with Gasteiger partial charge < -0.3 is 20.1 Å². The first-order chi connectivity index (χ1) is 14.2. The molecule has 3 aromatic rings. The molecule has 1 aliphatic rings. The Labute approximate surface area is 170 Å². The van der Waals surface area contributed by atoms with Crippen molar-refractivity contribution in [2.45, 2.75) is 31.7 Å². The summed E-state index contributed by atoms with van der Waals surface area (Å²) in [6.45, 7) is 3.50. The van der Waals surface area contributed by atoms with Crippen LogP contribution in [0.4, 0.5) is 30.8 Å². The molecule has 1 aliphatic heterocycles. The highest BCUT2D eigenvalue weighted by molar-refractivity contribution is 5.76. The first-order valence-electron chi connectivity index (χ1n) is 9.39. The van der Waals surface area contributed by atoms with Gasteiger partial charge in [0.1, 0.15) is 11.3 Å². The van der Waals surface area contributed by atoms with Crippen LogP contribution in [0.1, 0.15) is 19.8 Å². The maximum absolute atomic E-state index is 12.3. The minimum atomic E-state index is -4.72. The molecule has 2 N–H and O–H groups in total. The molecule has 11 heteroatoms. The van der Waals surface area contributed by atoms with Gasteiger partial charge in [0, 0.05) is 31.5 Å². The zero-order valence-corrected chi connectivity index (χ0v) is 16.5. The predicted octanol–water partition coefficient (Wildman–Crippen LogP) is 3.99. The molecule has 0 radical (unpaired) electrons. The summed E-state index contributed by atoms with van der Waals surface area (Å²) in [6, 6.07) is 5.42. The van der Waals surface area contributed by atoms with E-state index < -0.39 is 6.36 Å². The summed E-state index contributed by atoms with van der Waals surface area (Å²) in [5, 5.41) is 6.46. The summed E-state index contributed by atoms with van der Waals surface area (Å²) in [6.07, 6.45) is -1.36. The molecule has 4 rings (SSSR count). The molecule has 0 amide bonds. The number of fused-ring (bicyclic) bond motifs is 1. The SMILES string of the molecule is Cn1c(Nc2ccc(OC(F)(F)F)cc2)nc2cnc(NC3(C)CCOCC3)nc21. The van der Waals surface area contributed by atoms with Crippen molar-refractivity contribution in [2.24, 2.45) is 7.05 Å². The summed E-state index contributed by atoms with van der Waals surface area (Å²) in [5.41, 5.74) is 1.65. The van der Waals surface area contributed by atoms with Gasteiger partial charge in [-0.05, 0) is 44.0 Å². The fourth-order valence-electron chi connectivity index (χ4n) is 3.24. The van der Waals surface area contributed by atoms with Crippen molar-refractivity contribution in [3.63, 3.8) is 0 Å². The van der Waals surface area contributed by atoms with Gasteiger partial charge in [-0.3, -0.25) is 4.57 Å². The third-order valence-corrected chi connectivity index (χ3v) is 4.97. The van der Waals surface area contributed by atoms with Crippen LogP contribution >= 0.6 is 0 Å². The van der Waals surface area contributed by atoms with E-state index in [2.05, 4.69) is 37.2 Å². The van der Waals surface area contributed by atoms with E-state index in [0.29, 0.717) is 42.0 Å². The van der Waals surface area contributed by atoms with E-state index in [1.807, 2.05) is 0 Å². The van der Waals surface area contributed by atoms with E-state index >= 15 is 0 Å². The molecule has 1 fully saturated rings. The molecule has 0 atom stereocenters. The zero-order valence-electron chi connectivity index (χ0n) is 16.5. The molecule has 30 heavy (non-hydrogen) atoms. The van der Waals surface area contributed by atoms with Crippen LogP contribution in [0.25, 0.3) is 11.2 Å². The van der Waals surface area contributed by atoms with Gasteiger partial charge in [-0.2, -0.15) is 4.98 Å². The average molecular weight is 422 g/mol. The van der Waals surface area contributed by atoms with Gasteiger partial charge in [0.05, 0.1) is 6.20 Å². The van der Waals surface area contributed by atoms with Crippen LogP contribution in [0.2, 0.25) is 0 Å². The van der Waals surface area contributed by atoms with Crippen LogP contribution < -0.4 is 15.4 Å². The third kappa shape index (κ3) is 4.56. The number of hydrogen-bond acceptors (Lipinski definition) is 7. The maximum atomic E-state index is 12.3. The van der Waals surface area contributed by atoms with E-state index in [0.717, 1.165) is 12.8 Å². The molecule has 0 bridgehead atoms. The number of nitrogens with one attached hydrogen (secondary N) is 2. The Morgan fingerprint density at radius 1 is 1.13 bits per heavy atom. The lowest BCUT2D eigenvalue weighted by Gasteiger charge is -2.34. The second-order valence-corrected chi connectivity index (χ2v) is 7.39. The molecule has 0 unspecified atom stereocenters. The fourth-order valence-corrected chi connectivity index (χ4v) is 3.24. The summed E-state index contributed by atoms with van der Waals surface area (Å²) in [4.78, 5) is 13.4. The lowest BCUT2D eigenvalue weighted by Crippen LogP contribution is -2.41. The number of alkyl halides is 3. The van der Waals surface area contributed by atoms with Gasteiger partial charge in [0.15, 0.2) is 5.65 Å². The van der Waals surface area contributed by atoms with Crippen LogP contribution in [-0.2, 0) is 11.8 Å². The Balaban J connectivity index is 1.52. The summed E-state index contributed by atoms with van der Waals surface area (Å²) >= 11 is 0. The second-order valence-electron chi connectivity index (χ2n) is 7.39. The fraction of sp³-hybridized carbons (Fsp3) is 0.421. The monoisotopic (exact) mass is 422 g/mol. The lowest BCUT2D eigenvalue weighted by atomic mass is 9.93. The molecule has 0 aliphatic carbocycles. The molecular formula is C19H21F3N6O2. The quantitative estimate of drug-likeness (QED) is 0.643. The molecule has 2 aromatic heterocycles. The summed E-state index contributed by atoms with van der Waals surface area (Å²) in [7, 11) is 1.80. The minimum absolute atomic E-state index is 0.133. The number of ether oxygens (including phenoxy) is 2. The maximum Gasteiger partial charge on any atom is 0.573 e.